The quantitative estimate of drug-likeness (QED) is 0.0769. The van der Waals surface area contributed by atoms with Crippen LogP contribution in [-0.2, 0) is 27.3 Å². The lowest BCUT2D eigenvalue weighted by Gasteiger charge is -2.50. The monoisotopic (exact) mass is 622 g/mol. The van der Waals surface area contributed by atoms with E-state index in [1.54, 1.807) is 4.90 Å². The second-order valence-electron chi connectivity index (χ2n) is 11.2. The summed E-state index contributed by atoms with van der Waals surface area (Å²) in [5, 5.41) is 63.2. The van der Waals surface area contributed by atoms with Crippen molar-refractivity contribution in [2.75, 3.05) is 44.7 Å². The number of aromatic nitrogens is 3. The highest BCUT2D eigenvalue weighted by molar-refractivity contribution is 6.13. The van der Waals surface area contributed by atoms with Crippen LogP contribution in [-0.4, -0.2) is 120 Å². The number of anilines is 1. The SMILES string of the molecule is [B]C(O)(O)C(O)(n1c(=O)ccc2cnc(NCc3ccc(C4(N5CCN(C(=O)C=C)CC5)CCOCC4)cc3)nc21)C(O)(O)O. The number of benzene rings is 1. The molecule has 2 fully saturated rings. The molecule has 0 bridgehead atoms. The Hall–Kier alpha value is -3.74. The minimum absolute atomic E-state index is 0.0600. The van der Waals surface area contributed by atoms with Gasteiger partial charge in [0.1, 0.15) is 0 Å². The van der Waals surface area contributed by atoms with Crippen LogP contribution in [0.2, 0.25) is 0 Å². The van der Waals surface area contributed by atoms with E-state index >= 15 is 0 Å². The van der Waals surface area contributed by atoms with Crippen molar-refractivity contribution in [1.82, 2.24) is 24.3 Å². The first-order valence-electron chi connectivity index (χ1n) is 14.3. The van der Waals surface area contributed by atoms with Crippen molar-refractivity contribution in [2.45, 2.75) is 42.3 Å². The van der Waals surface area contributed by atoms with E-state index in [0.29, 0.717) is 26.3 Å². The number of amides is 1. The number of fused-ring (bicyclic) bond motifs is 1. The minimum Gasteiger partial charge on any atom is -0.381 e. The van der Waals surface area contributed by atoms with Crippen LogP contribution < -0.4 is 10.9 Å². The van der Waals surface area contributed by atoms with Gasteiger partial charge in [0.15, 0.2) is 19.2 Å². The Morgan fingerprint density at radius 1 is 1.02 bits per heavy atom. The van der Waals surface area contributed by atoms with E-state index in [0.717, 1.165) is 43.1 Å². The zero-order valence-electron chi connectivity index (χ0n) is 24.4. The van der Waals surface area contributed by atoms with Crippen molar-refractivity contribution in [3.8, 4) is 0 Å². The van der Waals surface area contributed by atoms with Crippen LogP contribution in [0.3, 0.4) is 0 Å². The third-order valence-electron chi connectivity index (χ3n) is 8.57. The van der Waals surface area contributed by atoms with Gasteiger partial charge in [-0.3, -0.25) is 19.1 Å². The van der Waals surface area contributed by atoms with Gasteiger partial charge in [-0.15, -0.1) is 0 Å². The molecular formula is C29H35BN6O9. The number of nitrogens with one attached hydrogen (secondary N) is 1. The molecule has 2 radical (unpaired) electrons. The van der Waals surface area contributed by atoms with E-state index < -0.39 is 28.6 Å². The standard InChI is InChI=1S/C29H35BN6O9/c1-2-22(37)34-11-13-35(14-12-34)26(9-15-45-16-10-26)21-6-3-19(4-7-21)17-31-25-32-18-20-5-8-23(38)36(24(20)33-25)27(39,28(30,40)41)29(42,43)44/h2-8,18,39-44H,1,9-17H2,(H,31,32,33). The smallest absolute Gasteiger partial charge is 0.331 e. The molecule has 1 unspecified atom stereocenters. The molecule has 5 rings (SSSR count). The first-order valence-corrected chi connectivity index (χ1v) is 14.3. The average Bonchev–Trinajstić information content (AvgIpc) is 3.02. The highest BCUT2D eigenvalue weighted by Crippen LogP contribution is 2.39. The Labute approximate surface area is 259 Å². The molecule has 45 heavy (non-hydrogen) atoms. The number of carbonyl (C=O) groups excluding carboxylic acids is 1. The number of pyridine rings is 1. The number of piperazine rings is 1. The highest BCUT2D eigenvalue weighted by Gasteiger charge is 2.62. The summed E-state index contributed by atoms with van der Waals surface area (Å²) in [6.45, 7) is 7.74. The maximum Gasteiger partial charge on any atom is 0.331 e. The minimum atomic E-state index is -4.29. The Morgan fingerprint density at radius 2 is 1.67 bits per heavy atom. The predicted octanol–water partition coefficient (Wildman–Crippen LogP) is -2.18. The molecule has 0 aliphatic carbocycles. The predicted molar refractivity (Wildman–Crippen MR) is 160 cm³/mol. The lowest BCUT2D eigenvalue weighted by Crippen LogP contribution is -2.71. The first kappa shape index (κ1) is 32.7. The summed E-state index contributed by atoms with van der Waals surface area (Å²) in [4.78, 5) is 37.3. The van der Waals surface area contributed by atoms with Gasteiger partial charge in [-0.1, -0.05) is 30.8 Å². The van der Waals surface area contributed by atoms with Gasteiger partial charge in [0, 0.05) is 63.6 Å². The molecule has 2 saturated heterocycles. The molecule has 2 aromatic heterocycles. The Bertz CT molecular complexity index is 1590. The first-order chi connectivity index (χ1) is 21.2. The number of carbonyl (C=O) groups is 1. The van der Waals surface area contributed by atoms with Gasteiger partial charge in [-0.2, -0.15) is 4.98 Å². The highest BCUT2D eigenvalue weighted by atomic mass is 16.7. The Morgan fingerprint density at radius 3 is 2.24 bits per heavy atom. The number of nitrogens with zero attached hydrogens (tertiary/aromatic N) is 5. The molecular weight excluding hydrogens is 587 g/mol. The molecule has 1 atom stereocenters. The fourth-order valence-electron chi connectivity index (χ4n) is 6.07. The topological polar surface area (TPSA) is 214 Å². The van der Waals surface area contributed by atoms with Gasteiger partial charge >= 0.3 is 5.97 Å². The fourth-order valence-corrected chi connectivity index (χ4v) is 6.07. The number of hydrogen-bond acceptors (Lipinski definition) is 13. The second-order valence-corrected chi connectivity index (χ2v) is 11.2. The van der Waals surface area contributed by atoms with Crippen LogP contribution in [0.5, 0.6) is 0 Å². The van der Waals surface area contributed by atoms with Crippen molar-refractivity contribution in [3.05, 3.63) is 76.7 Å². The average molecular weight is 622 g/mol. The maximum absolute atomic E-state index is 12.7. The van der Waals surface area contributed by atoms with Crippen molar-refractivity contribution < 1.29 is 40.2 Å². The second kappa shape index (κ2) is 12.2. The van der Waals surface area contributed by atoms with E-state index in [-0.39, 0.29) is 33.9 Å². The molecule has 0 saturated carbocycles. The van der Waals surface area contributed by atoms with Crippen molar-refractivity contribution in [3.63, 3.8) is 0 Å². The number of rotatable bonds is 9. The van der Waals surface area contributed by atoms with Crippen molar-refractivity contribution >= 4 is 30.7 Å². The molecule has 3 aromatic rings. The summed E-state index contributed by atoms with van der Waals surface area (Å²) in [6, 6.07) is 10.1. The Kier molecular flexibility index (Phi) is 8.87. The third kappa shape index (κ3) is 5.98. The molecule has 2 aliphatic heterocycles. The molecule has 1 aromatic carbocycles. The summed E-state index contributed by atoms with van der Waals surface area (Å²) in [6.07, 6.45) is 4.19. The number of hydrogen-bond donors (Lipinski definition) is 7. The largest absolute Gasteiger partial charge is 0.381 e. The molecule has 16 heteroatoms. The summed E-state index contributed by atoms with van der Waals surface area (Å²) < 4.78 is 5.75. The van der Waals surface area contributed by atoms with Crippen molar-refractivity contribution in [1.29, 1.82) is 0 Å². The molecule has 1 amide bonds. The zero-order valence-corrected chi connectivity index (χ0v) is 24.4. The van der Waals surface area contributed by atoms with Crippen LogP contribution >= 0.6 is 0 Å². The number of ether oxygens (including phenoxy) is 1. The van der Waals surface area contributed by atoms with E-state index in [4.69, 9.17) is 12.6 Å². The van der Waals surface area contributed by atoms with E-state index in [9.17, 15) is 40.2 Å². The van der Waals surface area contributed by atoms with Gasteiger partial charge in [0.2, 0.25) is 11.9 Å². The summed E-state index contributed by atoms with van der Waals surface area (Å²) in [5.74, 6) is -4.43. The van der Waals surface area contributed by atoms with Crippen molar-refractivity contribution in [2.24, 2.45) is 0 Å². The van der Waals surface area contributed by atoms with Gasteiger partial charge in [-0.05, 0) is 36.1 Å². The zero-order chi connectivity index (χ0) is 32.6. The molecule has 2 aliphatic rings. The van der Waals surface area contributed by atoms with Crippen LogP contribution in [0, 0.1) is 0 Å². The lowest BCUT2D eigenvalue weighted by atomic mass is 9.80. The van der Waals surface area contributed by atoms with Gasteiger partial charge in [0.05, 0.1) is 5.54 Å². The summed E-state index contributed by atoms with van der Waals surface area (Å²) >= 11 is 0. The normalized spacial score (nSPS) is 19.2. The Balaban J connectivity index is 1.38. The third-order valence-corrected chi connectivity index (χ3v) is 8.57. The maximum atomic E-state index is 12.7. The molecule has 15 nitrogen and oxygen atoms in total. The van der Waals surface area contributed by atoms with E-state index in [1.165, 1.54) is 18.3 Å². The van der Waals surface area contributed by atoms with Gasteiger partial charge in [0.25, 0.3) is 11.3 Å². The van der Waals surface area contributed by atoms with Gasteiger partial charge in [-0.25, -0.2) is 4.98 Å². The molecule has 238 valence electrons. The van der Waals surface area contributed by atoms with E-state index in [2.05, 4.69) is 38.9 Å². The molecule has 0 spiro atoms. The van der Waals surface area contributed by atoms with E-state index in [1.807, 2.05) is 12.1 Å². The summed E-state index contributed by atoms with van der Waals surface area (Å²) in [7, 11) is 5.14. The molecule has 4 heterocycles. The molecule has 7 N–H and O–H groups in total. The van der Waals surface area contributed by atoms with Crippen LogP contribution in [0.25, 0.3) is 11.0 Å². The van der Waals surface area contributed by atoms with Crippen LogP contribution in [0.15, 0.2) is 60.0 Å². The fraction of sp³-hybridized carbons (Fsp3) is 0.448. The van der Waals surface area contributed by atoms with Crippen LogP contribution in [0.1, 0.15) is 24.0 Å². The van der Waals surface area contributed by atoms with Gasteiger partial charge < -0.3 is 45.6 Å². The number of aliphatic hydroxyl groups is 6. The lowest BCUT2D eigenvalue weighted by molar-refractivity contribution is -0.462. The summed E-state index contributed by atoms with van der Waals surface area (Å²) in [5.41, 5.74) is -7.83. The van der Waals surface area contributed by atoms with Crippen LogP contribution in [0.4, 0.5) is 5.95 Å².